The molecule has 0 bridgehead atoms. The van der Waals surface area contributed by atoms with E-state index in [1.54, 1.807) is 13.0 Å². The van der Waals surface area contributed by atoms with E-state index in [1.165, 1.54) is 5.56 Å². The highest BCUT2D eigenvalue weighted by molar-refractivity contribution is 5.89. The molecule has 0 aliphatic heterocycles. The maximum absolute atomic E-state index is 12.5. The third-order valence-corrected chi connectivity index (χ3v) is 11.5. The quantitative estimate of drug-likeness (QED) is 0.0616. The third-order valence-electron chi connectivity index (χ3n) is 11.5. The molecule has 6 nitrogen and oxygen atoms in total. The van der Waals surface area contributed by atoms with Crippen molar-refractivity contribution in [1.82, 2.24) is 0 Å². The second-order valence-electron chi connectivity index (χ2n) is 16.6. The molecule has 6 heteroatoms. The minimum atomic E-state index is -0.461. The fraction of sp³-hybridized carbons (Fsp3) is 0.0833. The molecule has 0 amide bonds. The van der Waals surface area contributed by atoms with Crippen LogP contribution in [-0.2, 0) is 4.79 Å². The number of carbonyl (C=O) groups excluding carboxylic acids is 1. The van der Waals surface area contributed by atoms with Crippen molar-refractivity contribution >= 4 is 68.5 Å². The first-order valence-corrected chi connectivity index (χ1v) is 22.4. The number of nitrogens with zero attached hydrogens (tertiary/aromatic N) is 4. The number of hydrogen-bond donors (Lipinski definition) is 0. The predicted molar refractivity (Wildman–Crippen MR) is 275 cm³/mol. The minimum Gasteiger partial charge on any atom is -0.423 e. The van der Waals surface area contributed by atoms with Gasteiger partial charge >= 0.3 is 5.97 Å². The molecule has 0 aromatic heterocycles. The average Bonchev–Trinajstić information content (AvgIpc) is 3.34. The van der Waals surface area contributed by atoms with Crippen LogP contribution in [0, 0.1) is 12.8 Å². The fourth-order valence-corrected chi connectivity index (χ4v) is 8.39. The van der Waals surface area contributed by atoms with Gasteiger partial charge in [0.15, 0.2) is 0 Å². The Morgan fingerprint density at radius 2 is 0.833 bits per heavy atom. The number of esters is 1. The van der Waals surface area contributed by atoms with Crippen LogP contribution in [0.25, 0.3) is 0 Å². The van der Waals surface area contributed by atoms with Gasteiger partial charge in [-0.05, 0) is 171 Å². The van der Waals surface area contributed by atoms with Gasteiger partial charge in [0.1, 0.15) is 5.75 Å². The van der Waals surface area contributed by atoms with Gasteiger partial charge < -0.3 is 24.3 Å². The third kappa shape index (κ3) is 9.59. The van der Waals surface area contributed by atoms with E-state index in [1.807, 2.05) is 36.4 Å². The lowest BCUT2D eigenvalue weighted by molar-refractivity contribution is -0.130. The number of carbonyl (C=O) groups is 1. The Bertz CT molecular complexity index is 2980. The van der Waals surface area contributed by atoms with E-state index in [0.717, 1.165) is 74.7 Å². The molecule has 0 saturated heterocycles. The molecule has 1 unspecified atom stereocenters. The van der Waals surface area contributed by atoms with Crippen molar-refractivity contribution in [3.63, 3.8) is 0 Å². The van der Waals surface area contributed by atoms with Crippen molar-refractivity contribution in [2.45, 2.75) is 27.2 Å². The van der Waals surface area contributed by atoms with E-state index >= 15 is 0 Å². The van der Waals surface area contributed by atoms with Crippen molar-refractivity contribution in [1.29, 1.82) is 0 Å². The summed E-state index contributed by atoms with van der Waals surface area (Å²) < 4.78 is 5.67. The zero-order valence-electron chi connectivity index (χ0n) is 37.5. The van der Waals surface area contributed by atoms with Gasteiger partial charge in [-0.3, -0.25) is 0 Å². The first-order chi connectivity index (χ1) is 32.3. The standard InChI is InChI=1S/C60H52N4O2/c1-44(2)60(65)66-59-28-16-27-58(43-59)64(49-23-12-7-13-24-49)55-39-33-52(34-40-55)61(50-29-35-53(36-30-50)62(47-19-8-5-9-20-47)56-25-14-17-45(3)41-56)51-31-37-54(38-32-51)63(48-21-10-6-11-22-48)57-26-15-18-46(4)42-57/h5-17,19-43,46H,1,18H2,2-4H3. The number of ether oxygens (including phenoxy) is 1. The molecule has 1 aliphatic carbocycles. The van der Waals surface area contributed by atoms with E-state index in [4.69, 9.17) is 4.74 Å². The van der Waals surface area contributed by atoms with Crippen LogP contribution in [0.4, 0.5) is 62.6 Å². The Kier molecular flexibility index (Phi) is 12.7. The topological polar surface area (TPSA) is 39.3 Å². The maximum atomic E-state index is 12.5. The van der Waals surface area contributed by atoms with Crippen LogP contribution in [0.2, 0.25) is 0 Å². The number of benzene rings is 8. The summed E-state index contributed by atoms with van der Waals surface area (Å²) >= 11 is 0. The Morgan fingerprint density at radius 3 is 1.26 bits per heavy atom. The molecule has 0 heterocycles. The van der Waals surface area contributed by atoms with Crippen LogP contribution < -0.4 is 24.3 Å². The maximum Gasteiger partial charge on any atom is 0.338 e. The van der Waals surface area contributed by atoms with Crippen molar-refractivity contribution in [2.24, 2.45) is 5.92 Å². The molecule has 0 spiro atoms. The Labute approximate surface area is 388 Å². The Balaban J connectivity index is 1.13. The summed E-state index contributed by atoms with van der Waals surface area (Å²) in [6.45, 7) is 9.80. The number of para-hydroxylation sites is 3. The van der Waals surface area contributed by atoms with E-state index in [9.17, 15) is 4.79 Å². The van der Waals surface area contributed by atoms with Gasteiger partial charge in [-0.25, -0.2) is 4.79 Å². The smallest absolute Gasteiger partial charge is 0.338 e. The zero-order chi connectivity index (χ0) is 45.4. The van der Waals surface area contributed by atoms with Crippen LogP contribution in [-0.4, -0.2) is 5.97 Å². The second kappa shape index (κ2) is 19.6. The summed E-state index contributed by atoms with van der Waals surface area (Å²) in [6, 6.07) is 73.7. The van der Waals surface area contributed by atoms with Gasteiger partial charge in [0.2, 0.25) is 0 Å². The van der Waals surface area contributed by atoms with Gasteiger partial charge in [0.05, 0.1) is 0 Å². The molecule has 0 radical (unpaired) electrons. The van der Waals surface area contributed by atoms with Gasteiger partial charge in [0.25, 0.3) is 0 Å². The monoisotopic (exact) mass is 860 g/mol. The molecule has 66 heavy (non-hydrogen) atoms. The lowest BCUT2D eigenvalue weighted by atomic mass is 10.00. The highest BCUT2D eigenvalue weighted by Gasteiger charge is 2.21. The molecule has 9 rings (SSSR count). The lowest BCUT2D eigenvalue weighted by Gasteiger charge is -2.31. The molecule has 1 atom stereocenters. The highest BCUT2D eigenvalue weighted by Crippen LogP contribution is 2.43. The predicted octanol–water partition coefficient (Wildman–Crippen LogP) is 16.5. The molecule has 324 valence electrons. The molecule has 0 N–H and O–H groups in total. The summed E-state index contributed by atoms with van der Waals surface area (Å²) in [5.74, 6) is 0.430. The van der Waals surface area contributed by atoms with Crippen LogP contribution in [0.5, 0.6) is 5.75 Å². The Hall–Kier alpha value is -8.35. The number of aryl methyl sites for hydroxylation is 1. The molecule has 0 fully saturated rings. The largest absolute Gasteiger partial charge is 0.423 e. The lowest BCUT2D eigenvalue weighted by Crippen LogP contribution is -2.18. The van der Waals surface area contributed by atoms with Gasteiger partial charge in [0, 0.05) is 79.9 Å². The van der Waals surface area contributed by atoms with E-state index in [-0.39, 0.29) is 0 Å². The average molecular weight is 861 g/mol. The summed E-state index contributed by atoms with van der Waals surface area (Å²) in [7, 11) is 0. The molecule has 1 aliphatic rings. The minimum absolute atomic E-state index is 0.339. The summed E-state index contributed by atoms with van der Waals surface area (Å²) in [4.78, 5) is 21.6. The van der Waals surface area contributed by atoms with E-state index < -0.39 is 5.97 Å². The number of hydrogen-bond acceptors (Lipinski definition) is 6. The summed E-state index contributed by atoms with van der Waals surface area (Å²) in [5.41, 5.74) is 13.9. The van der Waals surface area contributed by atoms with Gasteiger partial charge in [-0.15, -0.1) is 0 Å². The molecule has 8 aromatic rings. The van der Waals surface area contributed by atoms with Gasteiger partial charge in [-0.1, -0.05) is 98.5 Å². The van der Waals surface area contributed by atoms with Crippen LogP contribution in [0.15, 0.2) is 248 Å². The van der Waals surface area contributed by atoms with E-state index in [2.05, 4.69) is 228 Å². The van der Waals surface area contributed by atoms with Crippen LogP contribution in [0.1, 0.15) is 25.8 Å². The van der Waals surface area contributed by atoms with Crippen LogP contribution >= 0.6 is 0 Å². The number of anilines is 11. The molecule has 0 saturated carbocycles. The fourth-order valence-electron chi connectivity index (χ4n) is 8.39. The number of allylic oxidation sites excluding steroid dienone is 3. The summed E-state index contributed by atoms with van der Waals surface area (Å²) in [5, 5.41) is 0. The number of rotatable bonds is 14. The van der Waals surface area contributed by atoms with E-state index in [0.29, 0.717) is 17.2 Å². The van der Waals surface area contributed by atoms with Crippen molar-refractivity contribution in [3.8, 4) is 5.75 Å². The molecule has 8 aromatic carbocycles. The SMILES string of the molecule is C=C(C)C(=O)Oc1cccc(N(c2ccccc2)c2ccc(N(c3ccc(N(C4=CC(C)CC=C4)c4ccccc4)cc3)c3ccc(N(c4ccccc4)c4cccc(C)c4)cc3)cc2)c1. The Morgan fingerprint density at radius 1 is 0.470 bits per heavy atom. The van der Waals surface area contributed by atoms with Gasteiger partial charge in [-0.2, -0.15) is 0 Å². The summed E-state index contributed by atoms with van der Waals surface area (Å²) in [6.07, 6.45) is 7.89. The first-order valence-electron chi connectivity index (χ1n) is 22.4. The highest BCUT2D eigenvalue weighted by atomic mass is 16.5. The normalized spacial score (nSPS) is 13.0. The van der Waals surface area contributed by atoms with Crippen molar-refractivity contribution < 1.29 is 9.53 Å². The molecular weight excluding hydrogens is 809 g/mol. The second-order valence-corrected chi connectivity index (χ2v) is 16.6. The van der Waals surface area contributed by atoms with Crippen LogP contribution in [0.3, 0.4) is 0 Å². The molecular formula is C60H52N4O2. The first kappa shape index (κ1) is 42.9. The van der Waals surface area contributed by atoms with Crippen molar-refractivity contribution in [3.05, 3.63) is 254 Å². The van der Waals surface area contributed by atoms with Crippen molar-refractivity contribution in [2.75, 3.05) is 19.6 Å². The zero-order valence-corrected chi connectivity index (χ0v) is 37.5.